The fourth-order valence-corrected chi connectivity index (χ4v) is 2.86. The van der Waals surface area contributed by atoms with Crippen LogP contribution in [-0.4, -0.2) is 21.3 Å². The van der Waals surface area contributed by atoms with Crippen LogP contribution in [0.4, 0.5) is 5.82 Å². The minimum atomic E-state index is 0.298. The molecule has 0 saturated carbocycles. The van der Waals surface area contributed by atoms with Crippen LogP contribution in [0, 0.1) is 11.3 Å². The smallest absolute Gasteiger partial charge is 0.152 e. The van der Waals surface area contributed by atoms with Crippen LogP contribution in [0.15, 0.2) is 53.7 Å². The van der Waals surface area contributed by atoms with Crippen LogP contribution in [0.5, 0.6) is 0 Å². The number of anilines is 1. The summed E-state index contributed by atoms with van der Waals surface area (Å²) < 4.78 is 1.65. The van der Waals surface area contributed by atoms with E-state index >= 15 is 0 Å². The number of nitriles is 1. The van der Waals surface area contributed by atoms with Gasteiger partial charge in [0.1, 0.15) is 11.3 Å². The number of hydrogen-bond acceptors (Lipinski definition) is 5. The molecule has 0 atom stereocenters. The molecule has 128 valence electrons. The molecule has 0 saturated heterocycles. The van der Waals surface area contributed by atoms with E-state index in [4.69, 9.17) is 17.3 Å². The Morgan fingerprint density at radius 2 is 2.23 bits per heavy atom. The van der Waals surface area contributed by atoms with Crippen LogP contribution in [0.1, 0.15) is 18.2 Å². The van der Waals surface area contributed by atoms with Crippen LogP contribution < -0.4 is 5.73 Å². The van der Waals surface area contributed by atoms with Gasteiger partial charge in [-0.25, -0.2) is 9.50 Å². The van der Waals surface area contributed by atoms with E-state index in [1.807, 2.05) is 19.1 Å². The van der Waals surface area contributed by atoms with Crippen molar-refractivity contribution in [1.29, 1.82) is 5.26 Å². The molecule has 0 aliphatic rings. The number of aliphatic imine (C=N–C) groups is 1. The molecule has 0 spiro atoms. The zero-order chi connectivity index (χ0) is 18.7. The molecule has 7 heteroatoms. The van der Waals surface area contributed by atoms with Gasteiger partial charge >= 0.3 is 0 Å². The molecule has 3 aromatic rings. The number of halogens is 1. The van der Waals surface area contributed by atoms with Gasteiger partial charge in [-0.1, -0.05) is 29.8 Å². The van der Waals surface area contributed by atoms with E-state index in [0.29, 0.717) is 33.4 Å². The van der Waals surface area contributed by atoms with E-state index in [9.17, 15) is 5.26 Å². The second-order valence-corrected chi connectivity index (χ2v) is 5.78. The second kappa shape index (κ2) is 7.21. The van der Waals surface area contributed by atoms with Crippen molar-refractivity contribution in [3.8, 4) is 17.3 Å². The highest BCUT2D eigenvalue weighted by Gasteiger charge is 2.18. The topological polar surface area (TPSA) is 92.4 Å². The van der Waals surface area contributed by atoms with Crippen molar-refractivity contribution in [1.82, 2.24) is 14.6 Å². The molecule has 2 heterocycles. The zero-order valence-corrected chi connectivity index (χ0v) is 14.8. The summed E-state index contributed by atoms with van der Waals surface area (Å²) in [7, 11) is 0. The number of fused-ring (bicyclic) bond motifs is 1. The maximum atomic E-state index is 9.21. The summed E-state index contributed by atoms with van der Waals surface area (Å²) in [4.78, 5) is 8.33. The number of benzene rings is 1. The van der Waals surface area contributed by atoms with Gasteiger partial charge in [-0.3, -0.25) is 4.99 Å². The second-order valence-electron chi connectivity index (χ2n) is 5.39. The van der Waals surface area contributed by atoms with Gasteiger partial charge in [0.25, 0.3) is 0 Å². The molecular formula is C19H15ClN6. The lowest BCUT2D eigenvalue weighted by atomic mass is 10.0. The average Bonchev–Trinajstić information content (AvgIpc) is 3.05. The summed E-state index contributed by atoms with van der Waals surface area (Å²) in [5.74, 6) is 0.298. The van der Waals surface area contributed by atoms with Crippen molar-refractivity contribution >= 4 is 35.2 Å². The lowest BCUT2D eigenvalue weighted by Gasteiger charge is -2.14. The van der Waals surface area contributed by atoms with Gasteiger partial charge < -0.3 is 5.73 Å². The maximum Gasteiger partial charge on any atom is 0.152 e. The van der Waals surface area contributed by atoms with Gasteiger partial charge in [-0.05, 0) is 37.4 Å². The summed E-state index contributed by atoms with van der Waals surface area (Å²) >= 11 is 6.10. The van der Waals surface area contributed by atoms with Gasteiger partial charge in [-0.15, -0.1) is 0 Å². The Morgan fingerprint density at radius 1 is 1.42 bits per heavy atom. The summed E-state index contributed by atoms with van der Waals surface area (Å²) in [6.45, 7) is 5.36. The van der Waals surface area contributed by atoms with Gasteiger partial charge in [0.15, 0.2) is 5.15 Å². The van der Waals surface area contributed by atoms with Crippen molar-refractivity contribution in [2.75, 3.05) is 5.73 Å². The minimum Gasteiger partial charge on any atom is -0.382 e. The normalized spacial score (nSPS) is 11.8. The third-order valence-corrected chi connectivity index (χ3v) is 4.00. The third kappa shape index (κ3) is 3.08. The van der Waals surface area contributed by atoms with E-state index < -0.39 is 0 Å². The van der Waals surface area contributed by atoms with E-state index in [1.54, 1.807) is 41.1 Å². The molecule has 0 radical (unpaired) electrons. The number of allylic oxidation sites excluding steroid dienone is 3. The summed E-state index contributed by atoms with van der Waals surface area (Å²) in [6, 6.07) is 10.9. The largest absolute Gasteiger partial charge is 0.382 e. The van der Waals surface area contributed by atoms with Crippen molar-refractivity contribution in [2.24, 2.45) is 4.99 Å². The first-order chi connectivity index (χ1) is 12.6. The van der Waals surface area contributed by atoms with E-state index in [2.05, 4.69) is 27.9 Å². The van der Waals surface area contributed by atoms with Crippen molar-refractivity contribution in [3.63, 3.8) is 0 Å². The molecule has 0 aliphatic carbocycles. The number of rotatable bonds is 4. The fraction of sp³-hybridized carbons (Fsp3) is 0.0526. The molecule has 0 unspecified atom stereocenters. The van der Waals surface area contributed by atoms with E-state index in [-0.39, 0.29) is 0 Å². The Morgan fingerprint density at radius 3 is 2.92 bits per heavy atom. The lowest BCUT2D eigenvalue weighted by molar-refractivity contribution is 0.934. The summed E-state index contributed by atoms with van der Waals surface area (Å²) in [6.07, 6.45) is 5.28. The highest BCUT2D eigenvalue weighted by Crippen LogP contribution is 2.32. The summed E-state index contributed by atoms with van der Waals surface area (Å²) in [5.41, 5.74) is 10.1. The zero-order valence-electron chi connectivity index (χ0n) is 14.0. The lowest BCUT2D eigenvalue weighted by Crippen LogP contribution is -2.07. The van der Waals surface area contributed by atoms with E-state index in [1.165, 1.54) is 0 Å². The number of hydrogen-bond donors (Lipinski definition) is 1. The highest BCUT2D eigenvalue weighted by molar-refractivity contribution is 6.29. The van der Waals surface area contributed by atoms with Crippen LogP contribution >= 0.6 is 11.6 Å². The Hall–Kier alpha value is -3.43. The molecule has 26 heavy (non-hydrogen) atoms. The first-order valence-electron chi connectivity index (χ1n) is 7.73. The Bertz CT molecular complexity index is 1100. The van der Waals surface area contributed by atoms with Crippen LogP contribution in [0.2, 0.25) is 5.15 Å². The molecule has 0 aliphatic heterocycles. The van der Waals surface area contributed by atoms with Gasteiger partial charge in [0.2, 0.25) is 0 Å². The molecule has 2 aromatic heterocycles. The molecule has 2 N–H and O–H groups in total. The third-order valence-electron chi connectivity index (χ3n) is 3.82. The number of nitrogens with two attached hydrogens (primary N) is 1. The van der Waals surface area contributed by atoms with Crippen molar-refractivity contribution in [2.45, 2.75) is 6.92 Å². The van der Waals surface area contributed by atoms with Crippen LogP contribution in [-0.2, 0) is 0 Å². The standard InChI is InChI=1S/C19H15ClN6/c1-3-13(7-8-23-2)18-17(14-6-4-5-12(9-14)11-21)24-19(22)15-10-16(20)25-26(15)18/h3-10H,2H2,1H3,(H2,22,24)/b8-7-,13-3+. The molecule has 3 rings (SSSR count). The minimum absolute atomic E-state index is 0.298. The van der Waals surface area contributed by atoms with Crippen LogP contribution in [0.3, 0.4) is 0 Å². The van der Waals surface area contributed by atoms with Gasteiger partial charge in [-0.2, -0.15) is 10.4 Å². The molecule has 0 fully saturated rings. The molecule has 6 nitrogen and oxygen atoms in total. The molecular weight excluding hydrogens is 348 g/mol. The summed E-state index contributed by atoms with van der Waals surface area (Å²) in [5, 5.41) is 13.9. The SMILES string of the molecule is C=N/C=C\C(=C/C)c1c(-c2cccc(C#N)c2)nc(N)c2cc(Cl)nn12. The van der Waals surface area contributed by atoms with E-state index in [0.717, 1.165) is 11.1 Å². The number of nitrogens with zero attached hydrogens (tertiary/aromatic N) is 5. The first-order valence-corrected chi connectivity index (χ1v) is 8.11. The maximum absolute atomic E-state index is 9.21. The Balaban J connectivity index is 2.41. The van der Waals surface area contributed by atoms with Crippen molar-refractivity contribution in [3.05, 3.63) is 65.1 Å². The molecule has 0 amide bonds. The molecule has 0 bridgehead atoms. The molecule has 1 aromatic carbocycles. The quantitative estimate of drug-likeness (QED) is 0.558. The number of nitrogen functional groups attached to an aromatic ring is 1. The highest BCUT2D eigenvalue weighted by atomic mass is 35.5. The van der Waals surface area contributed by atoms with Gasteiger partial charge in [0, 0.05) is 17.8 Å². The Kier molecular flexibility index (Phi) is 4.83. The predicted molar refractivity (Wildman–Crippen MR) is 105 cm³/mol. The van der Waals surface area contributed by atoms with Crippen molar-refractivity contribution < 1.29 is 0 Å². The predicted octanol–water partition coefficient (Wildman–Crippen LogP) is 4.12. The van der Waals surface area contributed by atoms with Gasteiger partial charge in [0.05, 0.1) is 23.0 Å². The first kappa shape index (κ1) is 17.4. The fourth-order valence-electron chi connectivity index (χ4n) is 2.68. The average molecular weight is 363 g/mol. The Labute approximate surface area is 155 Å². The monoisotopic (exact) mass is 362 g/mol. The number of aromatic nitrogens is 3. The van der Waals surface area contributed by atoms with Crippen LogP contribution in [0.25, 0.3) is 22.3 Å².